The molecule has 152 valence electrons. The smallest absolute Gasteiger partial charge is 0.251 e. The highest BCUT2D eigenvalue weighted by Crippen LogP contribution is 2.36. The Morgan fingerprint density at radius 2 is 2.00 bits per heavy atom. The van der Waals surface area contributed by atoms with Crippen LogP contribution in [0.2, 0.25) is 0 Å². The van der Waals surface area contributed by atoms with Crippen molar-refractivity contribution in [2.75, 3.05) is 60.0 Å². The van der Waals surface area contributed by atoms with Crippen LogP contribution >= 0.6 is 15.9 Å². The van der Waals surface area contributed by atoms with Crippen molar-refractivity contribution in [1.29, 1.82) is 0 Å². The molecule has 1 atom stereocenters. The summed E-state index contributed by atoms with van der Waals surface area (Å²) in [6, 6.07) is 3.52. The molecule has 0 bridgehead atoms. The highest BCUT2D eigenvalue weighted by atomic mass is 79.9. The summed E-state index contributed by atoms with van der Waals surface area (Å²) in [6.07, 6.45) is 0.906. The molecule has 0 saturated carbocycles. The fraction of sp³-hybridized carbons (Fsp3) is 0.650. The van der Waals surface area contributed by atoms with Crippen molar-refractivity contribution in [2.45, 2.75) is 20.3 Å². The van der Waals surface area contributed by atoms with Crippen LogP contribution in [0.3, 0.4) is 0 Å². The van der Waals surface area contributed by atoms with Gasteiger partial charge in [0.2, 0.25) is 0 Å². The Balaban J connectivity index is 1.90. The Hall–Kier alpha value is -1.31. The molecule has 0 spiro atoms. The first kappa shape index (κ1) is 22.0. The monoisotopic (exact) mass is 441 g/mol. The fourth-order valence-electron chi connectivity index (χ4n) is 3.10. The largest absolute Gasteiger partial charge is 0.493 e. The van der Waals surface area contributed by atoms with Crippen molar-refractivity contribution < 1.29 is 14.3 Å². The molecule has 1 aromatic carbocycles. The number of piperazine rings is 1. The van der Waals surface area contributed by atoms with E-state index in [1.807, 2.05) is 6.92 Å². The molecule has 0 aliphatic carbocycles. The van der Waals surface area contributed by atoms with Gasteiger partial charge in [-0.05, 0) is 47.4 Å². The minimum atomic E-state index is -0.0960. The predicted octanol–water partition coefficient (Wildman–Crippen LogP) is 2.86. The molecule has 1 aromatic rings. The second-order valence-electron chi connectivity index (χ2n) is 7.26. The van der Waals surface area contributed by atoms with E-state index in [0.29, 0.717) is 36.1 Å². The van der Waals surface area contributed by atoms with E-state index in [4.69, 9.17) is 9.47 Å². The highest BCUT2D eigenvalue weighted by molar-refractivity contribution is 9.10. The van der Waals surface area contributed by atoms with Crippen molar-refractivity contribution in [2.24, 2.45) is 5.92 Å². The lowest BCUT2D eigenvalue weighted by Crippen LogP contribution is -2.46. The number of amides is 1. The van der Waals surface area contributed by atoms with Crippen molar-refractivity contribution in [3.05, 3.63) is 22.2 Å². The summed E-state index contributed by atoms with van der Waals surface area (Å²) in [6.45, 7) is 10.9. The van der Waals surface area contributed by atoms with Crippen LogP contribution in [0.5, 0.6) is 11.5 Å². The SMILES string of the molecule is CCCOc1c(Br)cc(C(=O)NCC(C)CN2CCN(C)CC2)cc1OC. The zero-order valence-electron chi connectivity index (χ0n) is 16.9. The number of ether oxygens (including phenoxy) is 2. The lowest BCUT2D eigenvalue weighted by molar-refractivity contribution is 0.0937. The van der Waals surface area contributed by atoms with Crippen LogP contribution in [-0.4, -0.2) is 75.7 Å². The van der Waals surface area contributed by atoms with Crippen molar-refractivity contribution >= 4 is 21.8 Å². The van der Waals surface area contributed by atoms with E-state index in [1.165, 1.54) is 0 Å². The summed E-state index contributed by atoms with van der Waals surface area (Å²) >= 11 is 3.49. The zero-order chi connectivity index (χ0) is 19.8. The number of carbonyl (C=O) groups is 1. The van der Waals surface area contributed by atoms with Gasteiger partial charge in [0.15, 0.2) is 11.5 Å². The molecule has 1 N–H and O–H groups in total. The van der Waals surface area contributed by atoms with E-state index < -0.39 is 0 Å². The molecule has 27 heavy (non-hydrogen) atoms. The van der Waals surface area contributed by atoms with Crippen LogP contribution in [0.1, 0.15) is 30.6 Å². The van der Waals surface area contributed by atoms with Gasteiger partial charge in [0.25, 0.3) is 5.91 Å². The van der Waals surface area contributed by atoms with E-state index in [2.05, 4.69) is 45.0 Å². The standard InChI is InChI=1S/C20H32BrN3O3/c1-5-10-27-19-17(21)11-16(12-18(19)26-4)20(25)22-13-15(2)14-24-8-6-23(3)7-9-24/h11-12,15H,5-10,13-14H2,1-4H3,(H,22,25). The van der Waals surface area contributed by atoms with Gasteiger partial charge in [-0.25, -0.2) is 0 Å². The molecule has 0 radical (unpaired) electrons. The number of hydrogen-bond acceptors (Lipinski definition) is 5. The normalized spacial score (nSPS) is 16.8. The van der Waals surface area contributed by atoms with E-state index >= 15 is 0 Å². The lowest BCUT2D eigenvalue weighted by atomic mass is 10.1. The highest BCUT2D eigenvalue weighted by Gasteiger charge is 2.18. The van der Waals surface area contributed by atoms with Gasteiger partial charge in [-0.3, -0.25) is 4.79 Å². The second-order valence-corrected chi connectivity index (χ2v) is 8.11. The summed E-state index contributed by atoms with van der Waals surface area (Å²) < 4.78 is 11.9. The average molecular weight is 442 g/mol. The molecule has 1 aliphatic heterocycles. The minimum absolute atomic E-state index is 0.0960. The molecule has 7 heteroatoms. The molecule has 1 aliphatic rings. The van der Waals surface area contributed by atoms with Crippen molar-refractivity contribution in [3.8, 4) is 11.5 Å². The number of rotatable bonds is 9. The Bertz CT molecular complexity index is 619. The molecule has 6 nitrogen and oxygen atoms in total. The zero-order valence-corrected chi connectivity index (χ0v) is 18.5. The Kier molecular flexibility index (Phi) is 8.86. The number of hydrogen-bond donors (Lipinski definition) is 1. The van der Waals surface area contributed by atoms with Crippen LogP contribution in [0.15, 0.2) is 16.6 Å². The number of halogens is 1. The van der Waals surface area contributed by atoms with Crippen LogP contribution in [-0.2, 0) is 0 Å². The Morgan fingerprint density at radius 1 is 1.30 bits per heavy atom. The predicted molar refractivity (Wildman–Crippen MR) is 112 cm³/mol. The third-order valence-electron chi connectivity index (χ3n) is 4.72. The maximum absolute atomic E-state index is 12.6. The number of methoxy groups -OCH3 is 1. The van der Waals surface area contributed by atoms with Crippen LogP contribution < -0.4 is 14.8 Å². The quantitative estimate of drug-likeness (QED) is 0.638. The molecular weight excluding hydrogens is 410 g/mol. The Labute approximate surface area is 171 Å². The van der Waals surface area contributed by atoms with E-state index in [0.717, 1.165) is 43.6 Å². The molecule has 1 saturated heterocycles. The number of nitrogens with one attached hydrogen (secondary N) is 1. The van der Waals surface area contributed by atoms with Gasteiger partial charge in [0.1, 0.15) is 0 Å². The first-order chi connectivity index (χ1) is 12.9. The van der Waals surface area contributed by atoms with Crippen LogP contribution in [0.4, 0.5) is 0 Å². The maximum Gasteiger partial charge on any atom is 0.251 e. The summed E-state index contributed by atoms with van der Waals surface area (Å²) in [5, 5.41) is 3.05. The lowest BCUT2D eigenvalue weighted by Gasteiger charge is -2.33. The van der Waals surface area contributed by atoms with Crippen molar-refractivity contribution in [3.63, 3.8) is 0 Å². The number of likely N-dealkylation sites (N-methyl/N-ethyl adjacent to an activating group) is 1. The topological polar surface area (TPSA) is 54.0 Å². The number of carbonyl (C=O) groups excluding carboxylic acids is 1. The Morgan fingerprint density at radius 3 is 2.63 bits per heavy atom. The van der Waals surface area contributed by atoms with Gasteiger partial charge in [-0.1, -0.05) is 13.8 Å². The number of benzene rings is 1. The van der Waals surface area contributed by atoms with Crippen molar-refractivity contribution in [1.82, 2.24) is 15.1 Å². The molecule has 1 amide bonds. The third kappa shape index (κ3) is 6.66. The van der Waals surface area contributed by atoms with Gasteiger partial charge >= 0.3 is 0 Å². The first-order valence-corrected chi connectivity index (χ1v) is 10.4. The third-order valence-corrected chi connectivity index (χ3v) is 5.31. The summed E-state index contributed by atoms with van der Waals surface area (Å²) in [5.74, 6) is 1.50. The minimum Gasteiger partial charge on any atom is -0.493 e. The molecule has 1 heterocycles. The average Bonchev–Trinajstić information content (AvgIpc) is 2.66. The fourth-order valence-corrected chi connectivity index (χ4v) is 3.66. The molecule has 2 rings (SSSR count). The van der Waals surface area contributed by atoms with E-state index in [9.17, 15) is 4.79 Å². The van der Waals surface area contributed by atoms with Gasteiger partial charge < -0.3 is 24.6 Å². The molecule has 1 unspecified atom stereocenters. The summed E-state index contributed by atoms with van der Waals surface area (Å²) in [7, 11) is 3.74. The van der Waals surface area contributed by atoms with Gasteiger partial charge in [-0.2, -0.15) is 0 Å². The van der Waals surface area contributed by atoms with Gasteiger partial charge in [0.05, 0.1) is 18.2 Å². The summed E-state index contributed by atoms with van der Waals surface area (Å²) in [4.78, 5) is 17.4. The number of nitrogens with zero attached hydrogens (tertiary/aromatic N) is 2. The van der Waals surface area contributed by atoms with Gasteiger partial charge in [0, 0.05) is 44.8 Å². The summed E-state index contributed by atoms with van der Waals surface area (Å²) in [5.41, 5.74) is 0.564. The van der Waals surface area contributed by atoms with E-state index in [-0.39, 0.29) is 5.91 Å². The molecular formula is C20H32BrN3O3. The maximum atomic E-state index is 12.6. The molecule has 0 aromatic heterocycles. The second kappa shape index (κ2) is 10.9. The first-order valence-electron chi connectivity index (χ1n) is 9.64. The van der Waals surface area contributed by atoms with Crippen LogP contribution in [0, 0.1) is 5.92 Å². The van der Waals surface area contributed by atoms with E-state index in [1.54, 1.807) is 19.2 Å². The van der Waals surface area contributed by atoms with Crippen LogP contribution in [0.25, 0.3) is 0 Å². The van der Waals surface area contributed by atoms with Gasteiger partial charge in [-0.15, -0.1) is 0 Å². The molecule has 1 fully saturated rings.